The highest BCUT2D eigenvalue weighted by Crippen LogP contribution is 2.49. The maximum absolute atomic E-state index is 6.31. The number of aryl methyl sites for hydroxylation is 2. The number of rotatable bonds is 1. The zero-order chi connectivity index (χ0) is 17.7. The van der Waals surface area contributed by atoms with Crippen LogP contribution in [0.5, 0.6) is 5.75 Å². The molecule has 0 unspecified atom stereocenters. The molecular formula is C23H19NO2. The Kier molecular flexibility index (Phi) is 3.29. The second-order valence-corrected chi connectivity index (χ2v) is 6.78. The van der Waals surface area contributed by atoms with Crippen molar-refractivity contribution < 1.29 is 9.15 Å². The SMILES string of the molecule is Cc1ccc2oc3c(c2c1)OCc1ccccc1N3c1ccccc1C. The number of anilines is 3. The largest absolute Gasteiger partial charge is 0.483 e. The van der Waals surface area contributed by atoms with Gasteiger partial charge in [0.25, 0.3) is 0 Å². The monoisotopic (exact) mass is 341 g/mol. The lowest BCUT2D eigenvalue weighted by atomic mass is 10.1. The molecule has 128 valence electrons. The summed E-state index contributed by atoms with van der Waals surface area (Å²) in [5, 5.41) is 1.02. The molecule has 0 spiro atoms. The molecule has 0 radical (unpaired) electrons. The molecule has 0 N–H and O–H groups in total. The number of fused-ring (bicyclic) bond motifs is 4. The van der Waals surface area contributed by atoms with E-state index in [1.807, 2.05) is 12.1 Å². The third kappa shape index (κ3) is 2.21. The standard InChI is InChI=1S/C23H19NO2/c1-15-11-12-21-18(13-15)22-23(26-21)24(19-9-5-3-7-16(19)2)20-10-6-4-8-17(20)14-25-22/h3-13H,14H2,1-2H3. The minimum Gasteiger partial charge on any atom is -0.483 e. The van der Waals surface area contributed by atoms with E-state index in [4.69, 9.17) is 9.15 Å². The molecule has 0 aliphatic carbocycles. The van der Waals surface area contributed by atoms with Crippen LogP contribution in [-0.4, -0.2) is 0 Å². The quantitative estimate of drug-likeness (QED) is 0.400. The first-order chi connectivity index (χ1) is 12.7. The van der Waals surface area contributed by atoms with Gasteiger partial charge in [0.05, 0.1) is 16.8 Å². The molecule has 0 bridgehead atoms. The van der Waals surface area contributed by atoms with Crippen LogP contribution in [0.4, 0.5) is 17.3 Å². The second kappa shape index (κ2) is 5.67. The van der Waals surface area contributed by atoms with E-state index >= 15 is 0 Å². The Morgan fingerprint density at radius 2 is 1.62 bits per heavy atom. The molecule has 5 rings (SSSR count). The minimum absolute atomic E-state index is 0.522. The van der Waals surface area contributed by atoms with E-state index < -0.39 is 0 Å². The molecule has 0 saturated heterocycles. The van der Waals surface area contributed by atoms with E-state index in [1.165, 1.54) is 11.1 Å². The van der Waals surface area contributed by atoms with Gasteiger partial charge in [-0.1, -0.05) is 48.0 Å². The summed E-state index contributed by atoms with van der Waals surface area (Å²) in [6.07, 6.45) is 0. The summed E-state index contributed by atoms with van der Waals surface area (Å²) in [6, 6.07) is 22.9. The molecule has 2 heterocycles. The van der Waals surface area contributed by atoms with Crippen LogP contribution in [0.2, 0.25) is 0 Å². The maximum atomic E-state index is 6.31. The first kappa shape index (κ1) is 15.1. The van der Waals surface area contributed by atoms with E-state index in [9.17, 15) is 0 Å². The van der Waals surface area contributed by atoms with Gasteiger partial charge in [-0.3, -0.25) is 4.90 Å². The number of hydrogen-bond acceptors (Lipinski definition) is 3. The fourth-order valence-electron chi connectivity index (χ4n) is 3.63. The molecule has 0 atom stereocenters. The average Bonchev–Trinajstić information content (AvgIpc) is 2.91. The van der Waals surface area contributed by atoms with Crippen molar-refractivity contribution in [2.75, 3.05) is 4.90 Å². The number of nitrogens with zero attached hydrogens (tertiary/aromatic N) is 1. The lowest BCUT2D eigenvalue weighted by Gasteiger charge is -2.24. The molecule has 3 nitrogen and oxygen atoms in total. The summed E-state index contributed by atoms with van der Waals surface area (Å²) in [7, 11) is 0. The van der Waals surface area contributed by atoms with Crippen LogP contribution in [0, 0.1) is 13.8 Å². The normalized spacial score (nSPS) is 13.1. The van der Waals surface area contributed by atoms with Gasteiger partial charge in [-0.05, 0) is 43.7 Å². The van der Waals surface area contributed by atoms with Crippen molar-refractivity contribution in [3.63, 3.8) is 0 Å². The summed E-state index contributed by atoms with van der Waals surface area (Å²) in [4.78, 5) is 2.18. The smallest absolute Gasteiger partial charge is 0.248 e. The molecule has 0 fully saturated rings. The van der Waals surface area contributed by atoms with Crippen molar-refractivity contribution in [1.82, 2.24) is 0 Å². The predicted octanol–water partition coefficient (Wildman–Crippen LogP) is 6.41. The Hall–Kier alpha value is -3.20. The van der Waals surface area contributed by atoms with Crippen molar-refractivity contribution in [1.29, 1.82) is 0 Å². The lowest BCUT2D eigenvalue weighted by molar-refractivity contribution is 0.311. The zero-order valence-corrected chi connectivity index (χ0v) is 14.8. The van der Waals surface area contributed by atoms with E-state index in [0.29, 0.717) is 6.61 Å². The van der Waals surface area contributed by atoms with Crippen molar-refractivity contribution in [2.45, 2.75) is 20.5 Å². The van der Waals surface area contributed by atoms with E-state index in [2.05, 4.69) is 73.3 Å². The van der Waals surface area contributed by atoms with Gasteiger partial charge in [-0.25, -0.2) is 0 Å². The second-order valence-electron chi connectivity index (χ2n) is 6.78. The number of benzene rings is 3. The van der Waals surface area contributed by atoms with Gasteiger partial charge in [0.2, 0.25) is 5.88 Å². The molecule has 4 aromatic rings. The van der Waals surface area contributed by atoms with Crippen LogP contribution in [0.25, 0.3) is 11.0 Å². The molecule has 3 heteroatoms. The van der Waals surface area contributed by atoms with Crippen molar-refractivity contribution in [3.8, 4) is 5.75 Å². The number of para-hydroxylation sites is 2. The first-order valence-electron chi connectivity index (χ1n) is 8.82. The lowest BCUT2D eigenvalue weighted by Crippen LogP contribution is -2.11. The van der Waals surface area contributed by atoms with Gasteiger partial charge in [0.15, 0.2) is 5.75 Å². The van der Waals surface area contributed by atoms with E-state index in [-0.39, 0.29) is 0 Å². The molecule has 1 aromatic heterocycles. The summed E-state index contributed by atoms with van der Waals surface area (Å²) in [6.45, 7) is 4.73. The Balaban J connectivity index is 1.85. The Morgan fingerprint density at radius 3 is 2.46 bits per heavy atom. The van der Waals surface area contributed by atoms with Crippen molar-refractivity contribution in [3.05, 3.63) is 83.4 Å². The summed E-state index contributed by atoms with van der Waals surface area (Å²) < 4.78 is 12.5. The highest BCUT2D eigenvalue weighted by atomic mass is 16.5. The van der Waals surface area contributed by atoms with Gasteiger partial charge in [-0.15, -0.1) is 0 Å². The number of ether oxygens (including phenoxy) is 1. The minimum atomic E-state index is 0.522. The van der Waals surface area contributed by atoms with E-state index in [1.54, 1.807) is 0 Å². The summed E-state index contributed by atoms with van der Waals surface area (Å²) in [5.74, 6) is 1.55. The van der Waals surface area contributed by atoms with Crippen LogP contribution in [0.15, 0.2) is 71.1 Å². The Bertz CT molecular complexity index is 1130. The molecule has 0 saturated carbocycles. The number of hydrogen-bond donors (Lipinski definition) is 0. The molecular weight excluding hydrogens is 322 g/mol. The first-order valence-corrected chi connectivity index (χ1v) is 8.82. The fourth-order valence-corrected chi connectivity index (χ4v) is 3.63. The average molecular weight is 341 g/mol. The molecule has 1 aliphatic heterocycles. The van der Waals surface area contributed by atoms with Gasteiger partial charge in [0.1, 0.15) is 12.2 Å². The van der Waals surface area contributed by atoms with Gasteiger partial charge in [-0.2, -0.15) is 0 Å². The van der Waals surface area contributed by atoms with Crippen molar-refractivity contribution in [2.24, 2.45) is 0 Å². The van der Waals surface area contributed by atoms with Gasteiger partial charge in [0, 0.05) is 5.56 Å². The number of furan rings is 1. The van der Waals surface area contributed by atoms with Crippen LogP contribution >= 0.6 is 0 Å². The molecule has 1 aliphatic rings. The molecule has 26 heavy (non-hydrogen) atoms. The Morgan fingerprint density at radius 1 is 0.846 bits per heavy atom. The summed E-state index contributed by atoms with van der Waals surface area (Å²) >= 11 is 0. The highest BCUT2D eigenvalue weighted by Gasteiger charge is 2.29. The predicted molar refractivity (Wildman–Crippen MR) is 105 cm³/mol. The van der Waals surface area contributed by atoms with Crippen LogP contribution < -0.4 is 9.64 Å². The van der Waals surface area contributed by atoms with Crippen molar-refractivity contribution >= 4 is 28.2 Å². The van der Waals surface area contributed by atoms with Gasteiger partial charge < -0.3 is 9.15 Å². The van der Waals surface area contributed by atoms with Crippen LogP contribution in [0.1, 0.15) is 16.7 Å². The van der Waals surface area contributed by atoms with Crippen LogP contribution in [-0.2, 0) is 6.61 Å². The highest BCUT2D eigenvalue weighted by molar-refractivity contribution is 5.95. The third-order valence-electron chi connectivity index (χ3n) is 4.94. The zero-order valence-electron chi connectivity index (χ0n) is 14.8. The maximum Gasteiger partial charge on any atom is 0.248 e. The molecule has 3 aromatic carbocycles. The molecule has 0 amide bonds. The summed E-state index contributed by atoms with van der Waals surface area (Å²) in [5.41, 5.74) is 6.56. The van der Waals surface area contributed by atoms with E-state index in [0.717, 1.165) is 39.5 Å². The van der Waals surface area contributed by atoms with Crippen LogP contribution in [0.3, 0.4) is 0 Å². The fraction of sp³-hybridized carbons (Fsp3) is 0.130. The topological polar surface area (TPSA) is 25.6 Å². The van der Waals surface area contributed by atoms with Gasteiger partial charge >= 0.3 is 0 Å². The Labute approximate surface area is 152 Å². The third-order valence-corrected chi connectivity index (χ3v) is 4.94.